The van der Waals surface area contributed by atoms with Gasteiger partial charge in [-0.25, -0.2) is 9.79 Å². The highest BCUT2D eigenvalue weighted by Crippen LogP contribution is 2.35. The van der Waals surface area contributed by atoms with Gasteiger partial charge in [0.05, 0.1) is 5.69 Å². The van der Waals surface area contributed by atoms with Crippen molar-refractivity contribution >= 4 is 41.6 Å². The van der Waals surface area contributed by atoms with Crippen molar-refractivity contribution in [2.75, 3.05) is 25.0 Å². The highest BCUT2D eigenvalue weighted by atomic mass is 35.5. The molecule has 0 spiro atoms. The molecule has 0 radical (unpaired) electrons. The number of hydrogen-bond acceptors (Lipinski definition) is 4. The second-order valence-electron chi connectivity index (χ2n) is 8.56. The van der Waals surface area contributed by atoms with Crippen molar-refractivity contribution in [2.45, 2.75) is 58.0 Å². The largest absolute Gasteiger partial charge is 0.481 e. The third-order valence-electron chi connectivity index (χ3n) is 6.69. The summed E-state index contributed by atoms with van der Waals surface area (Å²) >= 11 is 0. The summed E-state index contributed by atoms with van der Waals surface area (Å²) in [4.78, 5) is 34.6. The van der Waals surface area contributed by atoms with Crippen LogP contribution in [-0.2, 0) is 11.3 Å². The van der Waals surface area contributed by atoms with Crippen LogP contribution in [0.4, 0.5) is 16.2 Å². The molecule has 0 atom stereocenters. The Kier molecular flexibility index (Phi) is 6.91. The second-order valence-corrected chi connectivity index (χ2v) is 8.56. The van der Waals surface area contributed by atoms with Crippen molar-refractivity contribution in [3.63, 3.8) is 0 Å². The molecule has 0 bridgehead atoms. The summed E-state index contributed by atoms with van der Waals surface area (Å²) in [6.45, 7) is 4.31. The number of carbonyl (C=O) groups excluding carboxylic acids is 1. The van der Waals surface area contributed by atoms with E-state index in [0.29, 0.717) is 12.5 Å². The van der Waals surface area contributed by atoms with Crippen LogP contribution in [0.3, 0.4) is 0 Å². The molecule has 1 aromatic carbocycles. The fourth-order valence-corrected chi connectivity index (χ4v) is 4.79. The van der Waals surface area contributed by atoms with Crippen LogP contribution in [0.2, 0.25) is 0 Å². The normalized spacial score (nSPS) is 23.7. The van der Waals surface area contributed by atoms with Crippen LogP contribution < -0.4 is 4.90 Å². The molecule has 0 aromatic heterocycles. The van der Waals surface area contributed by atoms with Crippen molar-refractivity contribution < 1.29 is 14.7 Å². The third-order valence-corrected chi connectivity index (χ3v) is 6.69. The number of rotatable bonds is 5. The minimum atomic E-state index is -0.714. The molecule has 8 heteroatoms. The molecule has 1 aliphatic carbocycles. The number of carboxylic acid groups (broad SMARTS) is 1. The van der Waals surface area contributed by atoms with Crippen LogP contribution in [0.15, 0.2) is 23.2 Å². The van der Waals surface area contributed by atoms with Crippen LogP contribution in [0.1, 0.15) is 51.0 Å². The average Bonchev–Trinajstić information content (AvgIpc) is 3.09. The van der Waals surface area contributed by atoms with E-state index in [2.05, 4.69) is 16.0 Å². The number of aliphatic imine (C=N–C) groups is 1. The lowest BCUT2D eigenvalue weighted by Gasteiger charge is -2.34. The van der Waals surface area contributed by atoms with E-state index >= 15 is 0 Å². The molecule has 30 heavy (non-hydrogen) atoms. The van der Waals surface area contributed by atoms with E-state index in [1.165, 1.54) is 5.56 Å². The Morgan fingerprint density at radius 1 is 1.20 bits per heavy atom. The number of benzene rings is 1. The van der Waals surface area contributed by atoms with E-state index in [-0.39, 0.29) is 30.9 Å². The van der Waals surface area contributed by atoms with Crippen LogP contribution in [0.25, 0.3) is 0 Å². The molecule has 2 amide bonds. The van der Waals surface area contributed by atoms with Gasteiger partial charge >= 0.3 is 12.0 Å². The second kappa shape index (κ2) is 9.25. The number of fused-ring (bicyclic) bond motifs is 1. The summed E-state index contributed by atoms with van der Waals surface area (Å²) in [7, 11) is 2.04. The number of anilines is 1. The first-order valence-electron chi connectivity index (χ1n) is 10.6. The van der Waals surface area contributed by atoms with E-state index in [4.69, 9.17) is 5.11 Å². The van der Waals surface area contributed by atoms with Crippen molar-refractivity contribution in [2.24, 2.45) is 10.9 Å². The molecule has 2 aliphatic heterocycles. The molecule has 0 unspecified atom stereocenters. The van der Waals surface area contributed by atoms with Crippen LogP contribution in [0, 0.1) is 5.92 Å². The fraction of sp³-hybridized carbons (Fsp3) is 0.591. The van der Waals surface area contributed by atoms with Gasteiger partial charge in [-0.2, -0.15) is 0 Å². The molecular weight excluding hydrogens is 404 g/mol. The summed E-state index contributed by atoms with van der Waals surface area (Å²) in [5.74, 6) is 0.758. The maximum Gasteiger partial charge on any atom is 0.324 e. The van der Waals surface area contributed by atoms with Gasteiger partial charge in [0.2, 0.25) is 0 Å². The molecule has 3 aliphatic rings. The summed E-state index contributed by atoms with van der Waals surface area (Å²) in [5.41, 5.74) is 3.07. The quantitative estimate of drug-likeness (QED) is 0.750. The molecule has 1 saturated heterocycles. The van der Waals surface area contributed by atoms with Crippen molar-refractivity contribution in [3.8, 4) is 0 Å². The minimum Gasteiger partial charge on any atom is -0.481 e. The zero-order valence-corrected chi connectivity index (χ0v) is 18.5. The number of hydrogen-bond donors (Lipinski definition) is 1. The van der Waals surface area contributed by atoms with E-state index < -0.39 is 5.97 Å². The third kappa shape index (κ3) is 4.56. The monoisotopic (exact) mass is 434 g/mol. The Labute approximate surface area is 184 Å². The van der Waals surface area contributed by atoms with E-state index in [0.717, 1.165) is 62.4 Å². The predicted octanol–water partition coefficient (Wildman–Crippen LogP) is 4.27. The Balaban J connectivity index is 0.00000256. The molecule has 1 aromatic rings. The predicted molar refractivity (Wildman–Crippen MR) is 120 cm³/mol. The highest BCUT2D eigenvalue weighted by Gasteiger charge is 2.36. The fourth-order valence-electron chi connectivity index (χ4n) is 4.79. The molecule has 4 rings (SSSR count). The topological polar surface area (TPSA) is 76.5 Å². The van der Waals surface area contributed by atoms with Crippen molar-refractivity contribution in [3.05, 3.63) is 23.8 Å². The number of amides is 2. The van der Waals surface area contributed by atoms with Gasteiger partial charge in [0.25, 0.3) is 0 Å². The number of urea groups is 1. The first-order chi connectivity index (χ1) is 13.9. The molecule has 2 fully saturated rings. The van der Waals surface area contributed by atoms with Gasteiger partial charge in [0, 0.05) is 44.8 Å². The summed E-state index contributed by atoms with van der Waals surface area (Å²) in [6.07, 6.45) is 4.99. The average molecular weight is 435 g/mol. The minimum absolute atomic E-state index is 0. The number of aliphatic carboxylic acids is 1. The number of halogens is 1. The van der Waals surface area contributed by atoms with Crippen LogP contribution >= 0.6 is 12.4 Å². The van der Waals surface area contributed by atoms with E-state index in [1.54, 1.807) is 0 Å². The molecule has 164 valence electrons. The van der Waals surface area contributed by atoms with Crippen LogP contribution in [-0.4, -0.2) is 58.9 Å². The Bertz CT molecular complexity index is 836. The van der Waals surface area contributed by atoms with E-state index in [9.17, 15) is 9.59 Å². The van der Waals surface area contributed by atoms with Gasteiger partial charge in [-0.1, -0.05) is 6.07 Å². The highest BCUT2D eigenvalue weighted by molar-refractivity contribution is 5.95. The van der Waals surface area contributed by atoms with Crippen molar-refractivity contribution in [1.29, 1.82) is 0 Å². The Hall–Kier alpha value is -2.28. The molecule has 7 nitrogen and oxygen atoms in total. The van der Waals surface area contributed by atoms with Gasteiger partial charge in [0.15, 0.2) is 0 Å². The van der Waals surface area contributed by atoms with Gasteiger partial charge in [0.1, 0.15) is 5.84 Å². The molecule has 1 N–H and O–H groups in total. The zero-order valence-electron chi connectivity index (χ0n) is 17.7. The lowest BCUT2D eigenvalue weighted by atomic mass is 9.83. The lowest BCUT2D eigenvalue weighted by Crippen LogP contribution is -2.41. The van der Waals surface area contributed by atoms with Gasteiger partial charge in [-0.3, -0.25) is 9.69 Å². The van der Waals surface area contributed by atoms with Gasteiger partial charge in [-0.05, 0) is 62.6 Å². The summed E-state index contributed by atoms with van der Waals surface area (Å²) in [5, 5.41) is 8.87. The summed E-state index contributed by atoms with van der Waals surface area (Å²) < 4.78 is 0. The first kappa shape index (κ1) is 22.4. The Morgan fingerprint density at radius 3 is 2.63 bits per heavy atom. The SMILES string of the molecule is CC1=Nc2cc(N3CCN(C4CCC(CCC(=O)O)CC4)C3=O)ccc2CN1C.Cl. The number of amidine groups is 1. The van der Waals surface area contributed by atoms with Gasteiger partial charge < -0.3 is 14.9 Å². The Morgan fingerprint density at radius 2 is 1.93 bits per heavy atom. The first-order valence-corrected chi connectivity index (χ1v) is 10.6. The maximum absolute atomic E-state index is 13.1. The zero-order chi connectivity index (χ0) is 20.5. The molecule has 2 heterocycles. The van der Waals surface area contributed by atoms with Crippen molar-refractivity contribution in [1.82, 2.24) is 9.80 Å². The molecule has 1 saturated carbocycles. The standard InChI is InChI=1S/C22H30N4O3.ClH/c1-15-23-20-13-19(9-6-17(20)14-24(15)2)26-12-11-25(22(26)29)18-7-3-16(4-8-18)5-10-21(27)28;/h6,9,13,16,18H,3-5,7-8,10-12,14H2,1-2H3,(H,27,28);1H. The van der Waals surface area contributed by atoms with Gasteiger partial charge in [-0.15, -0.1) is 12.4 Å². The van der Waals surface area contributed by atoms with E-state index in [1.807, 2.05) is 35.9 Å². The summed E-state index contributed by atoms with van der Waals surface area (Å²) in [6, 6.07) is 6.52. The number of nitrogens with zero attached hydrogens (tertiary/aromatic N) is 4. The number of carbonyl (C=O) groups is 2. The maximum atomic E-state index is 13.1. The number of carboxylic acids is 1. The molecular formula is C22H31ClN4O3. The van der Waals surface area contributed by atoms with Crippen LogP contribution in [0.5, 0.6) is 0 Å². The lowest BCUT2D eigenvalue weighted by molar-refractivity contribution is -0.137. The smallest absolute Gasteiger partial charge is 0.324 e.